The Morgan fingerprint density at radius 1 is 1.32 bits per heavy atom. The standard InChI is InChI=1S/C13H24N2O4/c1-2-7-19-8-3-6-14-13(18)15-11-5-4-10(9-11)12(16)17/h10-11H,2-9H2,1H3,(H,16,17)(H2,14,15,18)/t10-,11+/m1/s1. The van der Waals surface area contributed by atoms with Gasteiger partial charge in [0.25, 0.3) is 0 Å². The first-order chi connectivity index (χ1) is 9.13. The van der Waals surface area contributed by atoms with Gasteiger partial charge in [0.2, 0.25) is 0 Å². The number of carboxylic acids is 1. The zero-order valence-electron chi connectivity index (χ0n) is 11.5. The molecule has 0 aromatic rings. The molecule has 6 nitrogen and oxygen atoms in total. The Kier molecular flexibility index (Phi) is 7.25. The maximum atomic E-state index is 11.6. The van der Waals surface area contributed by atoms with Crippen LogP contribution in [-0.4, -0.2) is 42.9 Å². The molecule has 1 saturated carbocycles. The number of ether oxygens (including phenoxy) is 1. The number of urea groups is 1. The Balaban J connectivity index is 2.04. The van der Waals surface area contributed by atoms with E-state index in [0.29, 0.717) is 26.0 Å². The van der Waals surface area contributed by atoms with Crippen LogP contribution >= 0.6 is 0 Å². The van der Waals surface area contributed by atoms with Crippen LogP contribution in [0.2, 0.25) is 0 Å². The monoisotopic (exact) mass is 272 g/mol. The van der Waals surface area contributed by atoms with E-state index in [1.807, 2.05) is 0 Å². The summed E-state index contributed by atoms with van der Waals surface area (Å²) in [4.78, 5) is 22.3. The number of carbonyl (C=O) groups excluding carboxylic acids is 1. The molecule has 6 heteroatoms. The number of amides is 2. The van der Waals surface area contributed by atoms with E-state index in [-0.39, 0.29) is 18.0 Å². The van der Waals surface area contributed by atoms with Gasteiger partial charge in [-0.05, 0) is 32.1 Å². The molecule has 0 bridgehead atoms. The maximum absolute atomic E-state index is 11.6. The maximum Gasteiger partial charge on any atom is 0.315 e. The Morgan fingerprint density at radius 2 is 2.11 bits per heavy atom. The lowest BCUT2D eigenvalue weighted by atomic mass is 10.1. The molecule has 110 valence electrons. The van der Waals surface area contributed by atoms with Crippen molar-refractivity contribution in [1.82, 2.24) is 10.6 Å². The highest BCUT2D eigenvalue weighted by atomic mass is 16.5. The van der Waals surface area contributed by atoms with E-state index in [1.54, 1.807) is 0 Å². The Hall–Kier alpha value is -1.30. The van der Waals surface area contributed by atoms with Crippen LogP contribution in [0.1, 0.15) is 39.0 Å². The first kappa shape index (κ1) is 15.8. The summed E-state index contributed by atoms with van der Waals surface area (Å²) in [6, 6.07) is -0.232. The third-order valence-electron chi connectivity index (χ3n) is 3.22. The lowest BCUT2D eigenvalue weighted by Gasteiger charge is -2.13. The summed E-state index contributed by atoms with van der Waals surface area (Å²) in [7, 11) is 0. The molecule has 1 fully saturated rings. The van der Waals surface area contributed by atoms with Crippen LogP contribution in [0.25, 0.3) is 0 Å². The predicted molar refractivity (Wildman–Crippen MR) is 71.0 cm³/mol. The highest BCUT2D eigenvalue weighted by Gasteiger charge is 2.30. The number of aliphatic carboxylic acids is 1. The van der Waals surface area contributed by atoms with Crippen molar-refractivity contribution in [3.8, 4) is 0 Å². The van der Waals surface area contributed by atoms with Crippen molar-refractivity contribution >= 4 is 12.0 Å². The summed E-state index contributed by atoms with van der Waals surface area (Å²) < 4.78 is 5.30. The average molecular weight is 272 g/mol. The first-order valence-electron chi connectivity index (χ1n) is 6.98. The van der Waals surface area contributed by atoms with Gasteiger partial charge < -0.3 is 20.5 Å². The molecule has 0 aromatic heterocycles. The zero-order chi connectivity index (χ0) is 14.1. The van der Waals surface area contributed by atoms with E-state index < -0.39 is 5.97 Å². The first-order valence-corrected chi connectivity index (χ1v) is 6.98. The number of rotatable bonds is 8. The van der Waals surface area contributed by atoms with E-state index in [9.17, 15) is 9.59 Å². The second-order valence-corrected chi connectivity index (χ2v) is 4.91. The molecular formula is C13H24N2O4. The van der Waals surface area contributed by atoms with Gasteiger partial charge in [-0.2, -0.15) is 0 Å². The van der Waals surface area contributed by atoms with Crippen LogP contribution in [0.15, 0.2) is 0 Å². The third-order valence-corrected chi connectivity index (χ3v) is 3.22. The van der Waals surface area contributed by atoms with Gasteiger partial charge in [0.05, 0.1) is 5.92 Å². The van der Waals surface area contributed by atoms with Crippen LogP contribution < -0.4 is 10.6 Å². The van der Waals surface area contributed by atoms with Crippen LogP contribution in [-0.2, 0) is 9.53 Å². The van der Waals surface area contributed by atoms with E-state index >= 15 is 0 Å². The van der Waals surface area contributed by atoms with E-state index in [0.717, 1.165) is 25.9 Å². The van der Waals surface area contributed by atoms with Crippen LogP contribution in [0.5, 0.6) is 0 Å². The van der Waals surface area contributed by atoms with Crippen molar-refractivity contribution in [1.29, 1.82) is 0 Å². The molecule has 19 heavy (non-hydrogen) atoms. The van der Waals surface area contributed by atoms with Crippen molar-refractivity contribution in [3.05, 3.63) is 0 Å². The second kappa shape index (κ2) is 8.74. The van der Waals surface area contributed by atoms with Gasteiger partial charge in [0.1, 0.15) is 0 Å². The quantitative estimate of drug-likeness (QED) is 0.582. The second-order valence-electron chi connectivity index (χ2n) is 4.91. The minimum absolute atomic E-state index is 0.0163. The summed E-state index contributed by atoms with van der Waals surface area (Å²) >= 11 is 0. The van der Waals surface area contributed by atoms with Gasteiger partial charge in [-0.25, -0.2) is 4.79 Å². The van der Waals surface area contributed by atoms with E-state index in [2.05, 4.69) is 17.6 Å². The SMILES string of the molecule is CCCOCCCNC(=O)N[C@H]1CC[C@@H](C(=O)O)C1. The zero-order valence-corrected chi connectivity index (χ0v) is 11.5. The van der Waals surface area contributed by atoms with Crippen LogP contribution in [0.3, 0.4) is 0 Å². The smallest absolute Gasteiger partial charge is 0.315 e. The largest absolute Gasteiger partial charge is 0.481 e. The molecule has 3 N–H and O–H groups in total. The molecule has 1 aliphatic rings. The number of carbonyl (C=O) groups is 2. The molecule has 1 aliphatic carbocycles. The molecule has 0 aromatic carbocycles. The molecule has 0 aliphatic heterocycles. The van der Waals surface area contributed by atoms with Gasteiger partial charge in [0, 0.05) is 25.8 Å². The van der Waals surface area contributed by atoms with Crippen LogP contribution in [0, 0.1) is 5.92 Å². The van der Waals surface area contributed by atoms with E-state index in [1.165, 1.54) is 0 Å². The number of hydrogen-bond acceptors (Lipinski definition) is 3. The molecule has 2 atom stereocenters. The molecule has 2 amide bonds. The van der Waals surface area contributed by atoms with E-state index in [4.69, 9.17) is 9.84 Å². The number of nitrogens with one attached hydrogen (secondary N) is 2. The average Bonchev–Trinajstić information content (AvgIpc) is 2.82. The summed E-state index contributed by atoms with van der Waals surface area (Å²) in [6.07, 6.45) is 3.70. The fourth-order valence-corrected chi connectivity index (χ4v) is 2.20. The molecule has 0 saturated heterocycles. The minimum atomic E-state index is -0.766. The molecule has 1 rings (SSSR count). The molecule has 0 unspecified atom stereocenters. The Bertz CT molecular complexity index is 296. The van der Waals surface area contributed by atoms with Crippen molar-refractivity contribution in [2.45, 2.75) is 45.1 Å². The van der Waals surface area contributed by atoms with Gasteiger partial charge in [-0.1, -0.05) is 6.92 Å². The lowest BCUT2D eigenvalue weighted by Crippen LogP contribution is -2.41. The molecule has 0 radical (unpaired) electrons. The Morgan fingerprint density at radius 3 is 2.74 bits per heavy atom. The normalized spacial score (nSPS) is 22.2. The van der Waals surface area contributed by atoms with Crippen molar-refractivity contribution in [2.24, 2.45) is 5.92 Å². The fourth-order valence-electron chi connectivity index (χ4n) is 2.20. The molecule has 0 heterocycles. The van der Waals surface area contributed by atoms with Gasteiger partial charge >= 0.3 is 12.0 Å². The highest BCUT2D eigenvalue weighted by molar-refractivity contribution is 5.75. The highest BCUT2D eigenvalue weighted by Crippen LogP contribution is 2.25. The minimum Gasteiger partial charge on any atom is -0.481 e. The number of hydrogen-bond donors (Lipinski definition) is 3. The third kappa shape index (κ3) is 6.42. The van der Waals surface area contributed by atoms with Gasteiger partial charge in [0.15, 0.2) is 0 Å². The van der Waals surface area contributed by atoms with Crippen molar-refractivity contribution < 1.29 is 19.4 Å². The number of carboxylic acid groups (broad SMARTS) is 1. The summed E-state index contributed by atoms with van der Waals surface area (Å²) in [5.41, 5.74) is 0. The van der Waals surface area contributed by atoms with Crippen LogP contribution in [0.4, 0.5) is 4.79 Å². The molecular weight excluding hydrogens is 248 g/mol. The fraction of sp³-hybridized carbons (Fsp3) is 0.846. The van der Waals surface area contributed by atoms with Gasteiger partial charge in [-0.3, -0.25) is 4.79 Å². The molecule has 0 spiro atoms. The topological polar surface area (TPSA) is 87.7 Å². The summed E-state index contributed by atoms with van der Waals surface area (Å²) in [6.45, 7) is 4.03. The van der Waals surface area contributed by atoms with Crippen molar-refractivity contribution in [3.63, 3.8) is 0 Å². The predicted octanol–water partition coefficient (Wildman–Crippen LogP) is 1.36. The lowest BCUT2D eigenvalue weighted by molar-refractivity contribution is -0.141. The van der Waals surface area contributed by atoms with Gasteiger partial charge in [-0.15, -0.1) is 0 Å². The summed E-state index contributed by atoms with van der Waals surface area (Å²) in [5, 5.41) is 14.4. The summed E-state index contributed by atoms with van der Waals surface area (Å²) in [5.74, 6) is -1.08. The Labute approximate surface area is 113 Å². The van der Waals surface area contributed by atoms with Crippen molar-refractivity contribution in [2.75, 3.05) is 19.8 Å².